The van der Waals surface area contributed by atoms with Gasteiger partial charge in [0, 0.05) is 12.1 Å². The number of aryl methyl sites for hydroxylation is 1. The minimum absolute atomic E-state index is 0.0772. The number of benzene rings is 1. The maximum Gasteiger partial charge on any atom is 0.247 e. The number of nitrogens with zero attached hydrogens (tertiary/aromatic N) is 2. The molecule has 0 unspecified atom stereocenters. The second kappa shape index (κ2) is 7.43. The molecule has 2 atom stereocenters. The van der Waals surface area contributed by atoms with E-state index in [4.69, 9.17) is 4.52 Å². The number of carbonyl (C=O) groups excluding carboxylic acids is 1. The molecule has 6 heteroatoms. The SMILES string of the molecule is Cc1cc(NC(=O)[C@H](c2ccccc2)N2CCC[C@@H]2c2ccsc2)no1. The molecule has 1 saturated heterocycles. The van der Waals surface area contributed by atoms with Crippen molar-refractivity contribution in [3.05, 3.63) is 70.1 Å². The van der Waals surface area contributed by atoms with Crippen LogP contribution >= 0.6 is 11.3 Å². The van der Waals surface area contributed by atoms with E-state index in [1.807, 2.05) is 37.3 Å². The van der Waals surface area contributed by atoms with Crippen molar-refractivity contribution in [2.24, 2.45) is 0 Å². The highest BCUT2D eigenvalue weighted by molar-refractivity contribution is 7.07. The number of amides is 1. The van der Waals surface area contributed by atoms with Crippen molar-refractivity contribution in [2.45, 2.75) is 31.8 Å². The Labute approximate surface area is 156 Å². The van der Waals surface area contributed by atoms with E-state index in [9.17, 15) is 4.79 Å². The summed E-state index contributed by atoms with van der Waals surface area (Å²) in [6.45, 7) is 2.70. The maximum atomic E-state index is 13.2. The largest absolute Gasteiger partial charge is 0.360 e. The predicted molar refractivity (Wildman–Crippen MR) is 102 cm³/mol. The molecule has 3 heterocycles. The monoisotopic (exact) mass is 367 g/mol. The van der Waals surface area contributed by atoms with Gasteiger partial charge in [0.15, 0.2) is 5.82 Å². The fourth-order valence-electron chi connectivity index (χ4n) is 3.67. The fraction of sp³-hybridized carbons (Fsp3) is 0.300. The van der Waals surface area contributed by atoms with Crippen LogP contribution in [0.1, 0.15) is 41.8 Å². The minimum Gasteiger partial charge on any atom is -0.360 e. The van der Waals surface area contributed by atoms with Gasteiger partial charge < -0.3 is 9.84 Å². The van der Waals surface area contributed by atoms with Crippen LogP contribution in [0, 0.1) is 6.92 Å². The lowest BCUT2D eigenvalue weighted by Crippen LogP contribution is -2.37. The van der Waals surface area contributed by atoms with Crippen molar-refractivity contribution in [1.82, 2.24) is 10.1 Å². The molecule has 1 aliphatic heterocycles. The second-order valence-electron chi connectivity index (χ2n) is 6.58. The quantitative estimate of drug-likeness (QED) is 0.718. The Hall–Kier alpha value is -2.44. The van der Waals surface area contributed by atoms with Gasteiger partial charge in [-0.3, -0.25) is 9.69 Å². The normalized spacial score (nSPS) is 18.7. The third-order valence-corrected chi connectivity index (χ3v) is 5.50. The van der Waals surface area contributed by atoms with E-state index in [1.165, 1.54) is 5.56 Å². The van der Waals surface area contributed by atoms with E-state index in [-0.39, 0.29) is 18.0 Å². The lowest BCUT2D eigenvalue weighted by atomic mass is 10.0. The van der Waals surface area contributed by atoms with Crippen molar-refractivity contribution >= 4 is 23.1 Å². The Morgan fingerprint density at radius 1 is 1.35 bits per heavy atom. The van der Waals surface area contributed by atoms with E-state index in [1.54, 1.807) is 17.4 Å². The lowest BCUT2D eigenvalue weighted by molar-refractivity contribution is -0.122. The summed E-state index contributed by atoms with van der Waals surface area (Å²) in [4.78, 5) is 15.5. The summed E-state index contributed by atoms with van der Waals surface area (Å²) in [5.41, 5.74) is 2.28. The van der Waals surface area contributed by atoms with Gasteiger partial charge in [-0.1, -0.05) is 35.5 Å². The number of hydrogen-bond acceptors (Lipinski definition) is 5. The van der Waals surface area contributed by atoms with Crippen LogP contribution in [0.5, 0.6) is 0 Å². The number of hydrogen-bond donors (Lipinski definition) is 1. The molecular weight excluding hydrogens is 346 g/mol. The van der Waals surface area contributed by atoms with Gasteiger partial charge in [-0.2, -0.15) is 11.3 Å². The molecule has 1 aromatic carbocycles. The molecule has 1 fully saturated rings. The number of anilines is 1. The lowest BCUT2D eigenvalue weighted by Gasteiger charge is -2.32. The summed E-state index contributed by atoms with van der Waals surface area (Å²) in [5, 5.41) is 11.1. The summed E-state index contributed by atoms with van der Waals surface area (Å²) in [6, 6.07) is 13.8. The van der Waals surface area contributed by atoms with E-state index < -0.39 is 0 Å². The van der Waals surface area contributed by atoms with Gasteiger partial charge >= 0.3 is 0 Å². The molecule has 5 nitrogen and oxygen atoms in total. The number of likely N-dealkylation sites (tertiary alicyclic amines) is 1. The molecule has 0 spiro atoms. The number of aromatic nitrogens is 1. The third kappa shape index (κ3) is 3.43. The van der Waals surface area contributed by atoms with Gasteiger partial charge in [-0.15, -0.1) is 0 Å². The van der Waals surface area contributed by atoms with Crippen LogP contribution in [-0.2, 0) is 4.79 Å². The molecule has 0 bridgehead atoms. The van der Waals surface area contributed by atoms with Crippen molar-refractivity contribution in [3.63, 3.8) is 0 Å². The van der Waals surface area contributed by atoms with Crippen molar-refractivity contribution < 1.29 is 9.32 Å². The van der Waals surface area contributed by atoms with Gasteiger partial charge in [-0.05, 0) is 54.3 Å². The minimum atomic E-state index is -0.361. The molecule has 1 amide bonds. The Bertz CT molecular complexity index is 860. The summed E-state index contributed by atoms with van der Waals surface area (Å²) in [5.74, 6) is 1.06. The number of carbonyl (C=O) groups is 1. The van der Waals surface area contributed by atoms with Gasteiger partial charge in [0.2, 0.25) is 5.91 Å². The van der Waals surface area contributed by atoms with Crippen LogP contribution in [0.3, 0.4) is 0 Å². The highest BCUT2D eigenvalue weighted by atomic mass is 32.1. The second-order valence-corrected chi connectivity index (χ2v) is 7.36. The smallest absolute Gasteiger partial charge is 0.247 e. The van der Waals surface area contributed by atoms with Crippen molar-refractivity contribution in [2.75, 3.05) is 11.9 Å². The first-order valence-corrected chi connectivity index (χ1v) is 9.73. The zero-order valence-electron chi connectivity index (χ0n) is 14.6. The van der Waals surface area contributed by atoms with Crippen LogP contribution in [0.25, 0.3) is 0 Å². The predicted octanol–water partition coefficient (Wildman–Crippen LogP) is 4.56. The molecular formula is C20H21N3O2S. The molecule has 0 aliphatic carbocycles. The zero-order chi connectivity index (χ0) is 17.9. The first-order valence-electron chi connectivity index (χ1n) is 8.79. The van der Waals surface area contributed by atoms with Crippen LogP contribution in [-0.4, -0.2) is 22.5 Å². The van der Waals surface area contributed by atoms with Crippen LogP contribution in [0.15, 0.2) is 57.7 Å². The molecule has 26 heavy (non-hydrogen) atoms. The molecule has 134 valence electrons. The maximum absolute atomic E-state index is 13.2. The molecule has 3 aromatic rings. The number of rotatable bonds is 5. The highest BCUT2D eigenvalue weighted by Gasteiger charge is 2.37. The standard InChI is InChI=1S/C20H21N3O2S/c1-14-12-18(22-25-14)21-20(24)19(15-6-3-2-4-7-15)23-10-5-8-17(23)16-9-11-26-13-16/h2-4,6-7,9,11-13,17,19H,5,8,10H2,1H3,(H,21,22,24)/t17-,19+/m1/s1. The van der Waals surface area contributed by atoms with Gasteiger partial charge in [-0.25, -0.2) is 0 Å². The number of nitrogens with one attached hydrogen (secondary N) is 1. The highest BCUT2D eigenvalue weighted by Crippen LogP contribution is 2.39. The number of thiophene rings is 1. The van der Waals surface area contributed by atoms with E-state index in [0.29, 0.717) is 11.6 Å². The molecule has 1 N–H and O–H groups in total. The third-order valence-electron chi connectivity index (χ3n) is 4.80. The van der Waals surface area contributed by atoms with Gasteiger partial charge in [0.05, 0.1) is 0 Å². The van der Waals surface area contributed by atoms with Crippen molar-refractivity contribution in [1.29, 1.82) is 0 Å². The molecule has 2 aromatic heterocycles. The van der Waals surface area contributed by atoms with Crippen LogP contribution in [0.2, 0.25) is 0 Å². The first-order chi connectivity index (χ1) is 12.7. The van der Waals surface area contributed by atoms with Crippen LogP contribution < -0.4 is 5.32 Å². The zero-order valence-corrected chi connectivity index (χ0v) is 15.4. The molecule has 4 rings (SSSR count). The molecule has 1 aliphatic rings. The molecule has 0 radical (unpaired) electrons. The topological polar surface area (TPSA) is 58.4 Å². The molecule has 0 saturated carbocycles. The Morgan fingerprint density at radius 2 is 2.19 bits per heavy atom. The van der Waals surface area contributed by atoms with E-state index >= 15 is 0 Å². The summed E-state index contributed by atoms with van der Waals surface area (Å²) in [6.07, 6.45) is 2.15. The van der Waals surface area contributed by atoms with E-state index in [2.05, 4.69) is 32.2 Å². The Morgan fingerprint density at radius 3 is 2.88 bits per heavy atom. The van der Waals surface area contributed by atoms with Gasteiger partial charge in [0.25, 0.3) is 0 Å². The summed E-state index contributed by atoms with van der Waals surface area (Å²) >= 11 is 1.70. The fourth-order valence-corrected chi connectivity index (χ4v) is 4.38. The van der Waals surface area contributed by atoms with E-state index in [0.717, 1.165) is 24.9 Å². The van der Waals surface area contributed by atoms with Crippen molar-refractivity contribution in [3.8, 4) is 0 Å². The van der Waals surface area contributed by atoms with Gasteiger partial charge in [0.1, 0.15) is 11.8 Å². The average Bonchev–Trinajstić information content (AvgIpc) is 3.38. The summed E-state index contributed by atoms with van der Waals surface area (Å²) in [7, 11) is 0. The first kappa shape index (κ1) is 17.0. The Kier molecular flexibility index (Phi) is 4.86. The summed E-state index contributed by atoms with van der Waals surface area (Å²) < 4.78 is 5.08. The average molecular weight is 367 g/mol. The van der Waals surface area contributed by atoms with Crippen LogP contribution in [0.4, 0.5) is 5.82 Å². The Balaban J connectivity index is 1.65.